The molecule has 0 aromatic heterocycles. The number of ether oxygens (including phenoxy) is 1. The molecule has 0 fully saturated rings. The monoisotopic (exact) mass is 283 g/mol. The maximum absolute atomic E-state index is 11.5. The average Bonchev–Trinajstić information content (AvgIpc) is 2.36. The fourth-order valence-electron chi connectivity index (χ4n) is 1.46. The molecule has 0 saturated carbocycles. The van der Waals surface area contributed by atoms with Crippen molar-refractivity contribution >= 4 is 22.9 Å². The Morgan fingerprint density at radius 1 is 1.26 bits per heavy atom. The Kier molecular flexibility index (Phi) is 6.36. The van der Waals surface area contributed by atoms with Crippen LogP contribution in [0.1, 0.15) is 19.4 Å². The number of halogens is 1. The van der Waals surface area contributed by atoms with Crippen molar-refractivity contribution in [3.8, 4) is 0 Å². The fraction of sp³-hybridized carbons (Fsp3) is 0.429. The molecular formula is C14H18ClNO3. The van der Waals surface area contributed by atoms with Gasteiger partial charge in [-0.2, -0.15) is 0 Å². The standard InChI is InChI=1S/C14H18ClNO3/c1-10(2)9-19-14(18)16-12(13(15)17)8-11-6-4-3-5-7-11/h3-7,10,12H,8-9H2,1-2H3,(H,16,18). The van der Waals surface area contributed by atoms with Crippen molar-refractivity contribution in [1.82, 2.24) is 5.32 Å². The van der Waals surface area contributed by atoms with Crippen LogP contribution >= 0.6 is 11.6 Å². The van der Waals surface area contributed by atoms with Crippen LogP contribution in [0.4, 0.5) is 4.79 Å². The number of hydrogen-bond donors (Lipinski definition) is 1. The van der Waals surface area contributed by atoms with E-state index in [1.54, 1.807) is 0 Å². The van der Waals surface area contributed by atoms with Crippen LogP contribution in [0.25, 0.3) is 0 Å². The van der Waals surface area contributed by atoms with Gasteiger partial charge in [0.25, 0.3) is 0 Å². The summed E-state index contributed by atoms with van der Waals surface area (Å²) in [7, 11) is 0. The molecule has 1 unspecified atom stereocenters. The van der Waals surface area contributed by atoms with Crippen molar-refractivity contribution in [2.75, 3.05) is 6.61 Å². The van der Waals surface area contributed by atoms with Gasteiger partial charge in [-0.1, -0.05) is 44.2 Å². The summed E-state index contributed by atoms with van der Waals surface area (Å²) >= 11 is 5.49. The van der Waals surface area contributed by atoms with Gasteiger partial charge >= 0.3 is 6.09 Å². The number of amides is 1. The Morgan fingerprint density at radius 3 is 2.42 bits per heavy atom. The van der Waals surface area contributed by atoms with Gasteiger partial charge in [0, 0.05) is 6.42 Å². The first kappa shape index (κ1) is 15.5. The maximum Gasteiger partial charge on any atom is 0.407 e. The van der Waals surface area contributed by atoms with E-state index in [9.17, 15) is 9.59 Å². The molecule has 0 saturated heterocycles. The maximum atomic E-state index is 11.5. The third kappa shape index (κ3) is 6.25. The van der Waals surface area contributed by atoms with Crippen LogP contribution < -0.4 is 5.32 Å². The van der Waals surface area contributed by atoms with Gasteiger partial charge in [-0.15, -0.1) is 0 Å². The second kappa shape index (κ2) is 7.79. The van der Waals surface area contributed by atoms with E-state index in [0.29, 0.717) is 13.0 Å². The molecule has 0 aliphatic carbocycles. The summed E-state index contributed by atoms with van der Waals surface area (Å²) in [5.41, 5.74) is 0.922. The summed E-state index contributed by atoms with van der Waals surface area (Å²) in [6, 6.07) is 8.57. The summed E-state index contributed by atoms with van der Waals surface area (Å²) in [5, 5.41) is 1.87. The lowest BCUT2D eigenvalue weighted by Gasteiger charge is -2.15. The molecule has 104 valence electrons. The zero-order chi connectivity index (χ0) is 14.3. The van der Waals surface area contributed by atoms with Gasteiger partial charge in [0.2, 0.25) is 5.24 Å². The summed E-state index contributed by atoms with van der Waals surface area (Å²) in [4.78, 5) is 22.8. The molecule has 0 bridgehead atoms. The molecule has 19 heavy (non-hydrogen) atoms. The molecule has 0 spiro atoms. The van der Waals surface area contributed by atoms with E-state index >= 15 is 0 Å². The van der Waals surface area contributed by atoms with E-state index in [0.717, 1.165) is 5.56 Å². The number of carbonyl (C=O) groups is 2. The Morgan fingerprint density at radius 2 is 1.89 bits per heavy atom. The van der Waals surface area contributed by atoms with Crippen LogP contribution in [0.15, 0.2) is 30.3 Å². The quantitative estimate of drug-likeness (QED) is 0.817. The minimum absolute atomic E-state index is 0.241. The first-order chi connectivity index (χ1) is 8.99. The van der Waals surface area contributed by atoms with Crippen LogP contribution in [0.3, 0.4) is 0 Å². The molecule has 0 radical (unpaired) electrons. The predicted molar refractivity (Wildman–Crippen MR) is 74.1 cm³/mol. The largest absolute Gasteiger partial charge is 0.449 e. The van der Waals surface area contributed by atoms with Crippen LogP contribution in [0.2, 0.25) is 0 Å². The molecule has 1 aromatic carbocycles. The molecule has 0 aliphatic heterocycles. The lowest BCUT2D eigenvalue weighted by Crippen LogP contribution is -2.41. The molecule has 0 heterocycles. The van der Waals surface area contributed by atoms with Crippen LogP contribution in [0, 0.1) is 5.92 Å². The predicted octanol–water partition coefficient (Wildman–Crippen LogP) is 2.75. The third-order valence-electron chi connectivity index (χ3n) is 2.40. The first-order valence-corrected chi connectivity index (χ1v) is 6.53. The van der Waals surface area contributed by atoms with Gasteiger partial charge in [-0.05, 0) is 23.1 Å². The molecule has 1 amide bonds. The Hall–Kier alpha value is -1.55. The number of alkyl carbamates (subject to hydrolysis) is 1. The molecule has 1 rings (SSSR count). The number of benzene rings is 1. The highest BCUT2D eigenvalue weighted by Crippen LogP contribution is 2.06. The van der Waals surface area contributed by atoms with E-state index in [1.807, 2.05) is 44.2 Å². The molecule has 1 atom stereocenters. The van der Waals surface area contributed by atoms with Crippen molar-refractivity contribution < 1.29 is 14.3 Å². The van der Waals surface area contributed by atoms with Gasteiger partial charge in [0.05, 0.1) is 6.61 Å². The lowest BCUT2D eigenvalue weighted by molar-refractivity contribution is -0.113. The first-order valence-electron chi connectivity index (χ1n) is 6.15. The molecular weight excluding hydrogens is 266 g/mol. The van der Waals surface area contributed by atoms with E-state index in [1.165, 1.54) is 0 Å². The minimum atomic E-state index is -0.774. The molecule has 0 aliphatic rings. The summed E-state index contributed by atoms with van der Waals surface area (Å²) in [6.45, 7) is 4.17. The van der Waals surface area contributed by atoms with Crippen molar-refractivity contribution in [1.29, 1.82) is 0 Å². The van der Waals surface area contributed by atoms with Crippen LogP contribution in [0.5, 0.6) is 0 Å². The lowest BCUT2D eigenvalue weighted by atomic mass is 10.1. The smallest absolute Gasteiger partial charge is 0.407 e. The van der Waals surface area contributed by atoms with Gasteiger partial charge < -0.3 is 10.1 Å². The van der Waals surface area contributed by atoms with E-state index in [4.69, 9.17) is 16.3 Å². The molecule has 1 aromatic rings. The normalized spacial score (nSPS) is 12.0. The van der Waals surface area contributed by atoms with Gasteiger partial charge in [0.15, 0.2) is 0 Å². The van der Waals surface area contributed by atoms with Gasteiger partial charge in [-0.25, -0.2) is 4.79 Å². The summed E-state index contributed by atoms with van der Waals surface area (Å²) in [6.07, 6.45) is -0.274. The van der Waals surface area contributed by atoms with Crippen molar-refractivity contribution in [2.45, 2.75) is 26.3 Å². The number of hydrogen-bond acceptors (Lipinski definition) is 3. The van der Waals surface area contributed by atoms with Gasteiger partial charge in [0.1, 0.15) is 6.04 Å². The second-order valence-corrected chi connectivity index (χ2v) is 5.06. The number of rotatable bonds is 6. The highest BCUT2D eigenvalue weighted by atomic mass is 35.5. The van der Waals surface area contributed by atoms with E-state index in [2.05, 4.69) is 5.32 Å². The molecule has 4 nitrogen and oxygen atoms in total. The van der Waals surface area contributed by atoms with E-state index in [-0.39, 0.29) is 5.92 Å². The topological polar surface area (TPSA) is 55.4 Å². The second-order valence-electron chi connectivity index (χ2n) is 4.68. The Labute approximate surface area is 118 Å². The summed E-state index contributed by atoms with van der Waals surface area (Å²) < 4.78 is 4.96. The zero-order valence-electron chi connectivity index (χ0n) is 11.1. The highest BCUT2D eigenvalue weighted by molar-refractivity contribution is 6.64. The Balaban J connectivity index is 2.54. The summed E-state index contributed by atoms with van der Waals surface area (Å²) in [5.74, 6) is 0.241. The van der Waals surface area contributed by atoms with Crippen molar-refractivity contribution in [2.24, 2.45) is 5.92 Å². The third-order valence-corrected chi connectivity index (χ3v) is 2.66. The highest BCUT2D eigenvalue weighted by Gasteiger charge is 2.20. The molecule has 1 N–H and O–H groups in total. The average molecular weight is 284 g/mol. The van der Waals surface area contributed by atoms with E-state index < -0.39 is 17.4 Å². The van der Waals surface area contributed by atoms with Crippen molar-refractivity contribution in [3.63, 3.8) is 0 Å². The molecule has 5 heteroatoms. The zero-order valence-corrected chi connectivity index (χ0v) is 11.8. The number of nitrogens with one attached hydrogen (secondary N) is 1. The number of carbonyl (C=O) groups excluding carboxylic acids is 2. The SMILES string of the molecule is CC(C)COC(=O)NC(Cc1ccccc1)C(=O)Cl. The van der Waals surface area contributed by atoms with Gasteiger partial charge in [-0.3, -0.25) is 4.79 Å². The van der Waals surface area contributed by atoms with Crippen LogP contribution in [-0.4, -0.2) is 24.0 Å². The Bertz CT molecular complexity index is 420. The van der Waals surface area contributed by atoms with Crippen LogP contribution in [-0.2, 0) is 16.0 Å². The minimum Gasteiger partial charge on any atom is -0.449 e. The van der Waals surface area contributed by atoms with Crippen molar-refractivity contribution in [3.05, 3.63) is 35.9 Å². The fourth-order valence-corrected chi connectivity index (χ4v) is 1.60.